The summed E-state index contributed by atoms with van der Waals surface area (Å²) in [5, 5.41) is 3.09. The van der Waals surface area contributed by atoms with Crippen molar-refractivity contribution in [3.05, 3.63) is 54.1 Å². The molecule has 0 unspecified atom stereocenters. The highest BCUT2D eigenvalue weighted by atomic mass is 32.2. The predicted molar refractivity (Wildman–Crippen MR) is 148 cm³/mol. The molecule has 9 nitrogen and oxygen atoms in total. The molecule has 2 aromatic rings. The van der Waals surface area contributed by atoms with Gasteiger partial charge in [0.15, 0.2) is 0 Å². The Labute approximate surface area is 226 Å². The van der Waals surface area contributed by atoms with Gasteiger partial charge in [-0.05, 0) is 68.1 Å². The monoisotopic (exact) mass is 545 g/mol. The van der Waals surface area contributed by atoms with Crippen molar-refractivity contribution in [2.75, 3.05) is 31.3 Å². The first-order valence-electron chi connectivity index (χ1n) is 13.0. The van der Waals surface area contributed by atoms with Crippen molar-refractivity contribution >= 4 is 27.5 Å². The van der Waals surface area contributed by atoms with Gasteiger partial charge in [0.1, 0.15) is 17.5 Å². The minimum absolute atomic E-state index is 0.0905. The fourth-order valence-corrected chi connectivity index (χ4v) is 5.66. The van der Waals surface area contributed by atoms with Crippen LogP contribution in [-0.2, 0) is 26.2 Å². The minimum atomic E-state index is -3.57. The number of sulfonamides is 1. The van der Waals surface area contributed by atoms with Gasteiger partial charge in [-0.3, -0.25) is 13.9 Å². The lowest BCUT2D eigenvalue weighted by molar-refractivity contribution is -0.141. The van der Waals surface area contributed by atoms with Gasteiger partial charge >= 0.3 is 0 Å². The summed E-state index contributed by atoms with van der Waals surface area (Å²) in [6, 6.07) is 13.6. The van der Waals surface area contributed by atoms with Gasteiger partial charge in [-0.15, -0.1) is 0 Å². The van der Waals surface area contributed by atoms with E-state index in [0.29, 0.717) is 23.6 Å². The van der Waals surface area contributed by atoms with Crippen LogP contribution in [0.2, 0.25) is 0 Å². The molecule has 0 spiro atoms. The molecule has 208 valence electrons. The Morgan fingerprint density at radius 3 is 2.29 bits per heavy atom. The van der Waals surface area contributed by atoms with Crippen LogP contribution in [0.4, 0.5) is 5.69 Å². The average Bonchev–Trinajstić information content (AvgIpc) is 3.41. The number of ether oxygens (including phenoxy) is 2. The van der Waals surface area contributed by atoms with Crippen LogP contribution in [-0.4, -0.2) is 64.2 Å². The third kappa shape index (κ3) is 8.11. The Hall–Kier alpha value is -3.27. The molecule has 0 aliphatic heterocycles. The Bertz CT molecular complexity index is 1180. The lowest BCUT2D eigenvalue weighted by atomic mass is 10.1. The fraction of sp³-hybridized carbons (Fsp3) is 0.500. The number of hydrogen-bond donors (Lipinski definition) is 1. The molecule has 2 aromatic carbocycles. The summed E-state index contributed by atoms with van der Waals surface area (Å²) in [4.78, 5) is 28.1. The first-order valence-corrected chi connectivity index (χ1v) is 14.8. The van der Waals surface area contributed by atoms with Gasteiger partial charge in [-0.2, -0.15) is 0 Å². The van der Waals surface area contributed by atoms with Gasteiger partial charge < -0.3 is 19.7 Å². The molecule has 0 saturated heterocycles. The maximum Gasteiger partial charge on any atom is 0.242 e. The van der Waals surface area contributed by atoms with Gasteiger partial charge in [0.2, 0.25) is 21.8 Å². The predicted octanol–water partition coefficient (Wildman–Crippen LogP) is 3.73. The fourth-order valence-electron chi connectivity index (χ4n) is 4.69. The molecule has 1 fully saturated rings. The molecule has 2 amide bonds. The number of benzene rings is 2. The van der Waals surface area contributed by atoms with Crippen LogP contribution in [0.25, 0.3) is 0 Å². The average molecular weight is 546 g/mol. The van der Waals surface area contributed by atoms with Crippen molar-refractivity contribution in [2.45, 2.75) is 64.1 Å². The Balaban J connectivity index is 1.72. The highest BCUT2D eigenvalue weighted by molar-refractivity contribution is 7.92. The van der Waals surface area contributed by atoms with Gasteiger partial charge in [-0.1, -0.05) is 25.0 Å². The second kappa shape index (κ2) is 13.5. The number of nitrogens with zero attached hydrogens (tertiary/aromatic N) is 2. The molecule has 0 aromatic heterocycles. The van der Waals surface area contributed by atoms with Crippen LogP contribution >= 0.6 is 0 Å². The zero-order valence-electron chi connectivity index (χ0n) is 22.7. The number of methoxy groups -OCH3 is 2. The van der Waals surface area contributed by atoms with E-state index in [1.807, 2.05) is 24.3 Å². The molecule has 0 bridgehead atoms. The SMILES string of the molecule is COc1ccc(N(CCCC(=O)N(Cc2cccc(OC)c2)[C@H](C)C(=O)NC2CCCC2)S(C)(=O)=O)cc1. The van der Waals surface area contributed by atoms with Gasteiger partial charge in [0.05, 0.1) is 26.2 Å². The second-order valence-corrected chi connectivity index (χ2v) is 11.6. The van der Waals surface area contributed by atoms with Crippen LogP contribution in [0.3, 0.4) is 0 Å². The summed E-state index contributed by atoms with van der Waals surface area (Å²) in [5.41, 5.74) is 1.34. The summed E-state index contributed by atoms with van der Waals surface area (Å²) >= 11 is 0. The minimum Gasteiger partial charge on any atom is -0.497 e. The molecule has 10 heteroatoms. The van der Waals surface area contributed by atoms with E-state index in [1.54, 1.807) is 50.3 Å². The van der Waals surface area contributed by atoms with Crippen molar-refractivity contribution in [1.29, 1.82) is 0 Å². The Kier molecular flexibility index (Phi) is 10.4. The second-order valence-electron chi connectivity index (χ2n) is 9.68. The largest absolute Gasteiger partial charge is 0.497 e. The van der Waals surface area contributed by atoms with Crippen molar-refractivity contribution in [2.24, 2.45) is 0 Å². The van der Waals surface area contributed by atoms with Gasteiger partial charge in [-0.25, -0.2) is 8.42 Å². The van der Waals surface area contributed by atoms with Crippen molar-refractivity contribution in [3.63, 3.8) is 0 Å². The van der Waals surface area contributed by atoms with Crippen LogP contribution < -0.4 is 19.1 Å². The molecule has 0 radical (unpaired) electrons. The lowest BCUT2D eigenvalue weighted by Gasteiger charge is -2.30. The maximum absolute atomic E-state index is 13.5. The topological polar surface area (TPSA) is 105 Å². The summed E-state index contributed by atoms with van der Waals surface area (Å²) < 4.78 is 36.8. The molecule has 1 aliphatic rings. The van der Waals surface area contributed by atoms with E-state index in [0.717, 1.165) is 37.5 Å². The first-order chi connectivity index (χ1) is 18.1. The van der Waals surface area contributed by atoms with Crippen LogP contribution in [0, 0.1) is 0 Å². The highest BCUT2D eigenvalue weighted by Crippen LogP contribution is 2.23. The van der Waals surface area contributed by atoms with E-state index in [9.17, 15) is 18.0 Å². The Morgan fingerprint density at radius 1 is 1.03 bits per heavy atom. The quantitative estimate of drug-likeness (QED) is 0.411. The van der Waals surface area contributed by atoms with E-state index < -0.39 is 16.1 Å². The summed E-state index contributed by atoms with van der Waals surface area (Å²) in [6.07, 6.45) is 5.62. The van der Waals surface area contributed by atoms with E-state index in [-0.39, 0.29) is 37.4 Å². The summed E-state index contributed by atoms with van der Waals surface area (Å²) in [6.45, 7) is 2.11. The molecule has 3 rings (SSSR count). The zero-order chi connectivity index (χ0) is 27.7. The first kappa shape index (κ1) is 29.3. The van der Waals surface area contributed by atoms with E-state index in [2.05, 4.69) is 5.32 Å². The van der Waals surface area contributed by atoms with Gasteiger partial charge in [0.25, 0.3) is 0 Å². The Morgan fingerprint density at radius 2 is 1.68 bits per heavy atom. The number of nitrogens with one attached hydrogen (secondary N) is 1. The summed E-state index contributed by atoms with van der Waals surface area (Å²) in [7, 11) is -0.443. The molecule has 0 heterocycles. The molecule has 1 atom stereocenters. The molecular formula is C28H39N3O6S. The molecular weight excluding hydrogens is 506 g/mol. The number of amides is 2. The van der Waals surface area contributed by atoms with E-state index >= 15 is 0 Å². The van der Waals surface area contributed by atoms with E-state index in [4.69, 9.17) is 9.47 Å². The van der Waals surface area contributed by atoms with E-state index in [1.165, 1.54) is 4.31 Å². The van der Waals surface area contributed by atoms with Crippen LogP contribution in [0.5, 0.6) is 11.5 Å². The molecule has 38 heavy (non-hydrogen) atoms. The number of carbonyl (C=O) groups is 2. The standard InChI is InChI=1S/C28H39N3O6S/c1-21(28(33)29-23-10-5-6-11-23)30(20-22-9-7-12-26(19-22)37-3)27(32)13-8-18-31(38(4,34)35)24-14-16-25(36-2)17-15-24/h7,9,12,14-17,19,21,23H,5-6,8,10-11,13,18,20H2,1-4H3,(H,29,33)/t21-/m1/s1. The van der Waals surface area contributed by atoms with Gasteiger partial charge in [0, 0.05) is 25.6 Å². The van der Waals surface area contributed by atoms with Crippen molar-refractivity contribution in [1.82, 2.24) is 10.2 Å². The number of hydrogen-bond acceptors (Lipinski definition) is 6. The number of rotatable bonds is 13. The lowest BCUT2D eigenvalue weighted by Crippen LogP contribution is -2.49. The molecule has 1 N–H and O–H groups in total. The van der Waals surface area contributed by atoms with Crippen molar-refractivity contribution in [3.8, 4) is 11.5 Å². The maximum atomic E-state index is 13.5. The number of anilines is 1. The van der Waals surface area contributed by atoms with Crippen LogP contribution in [0.15, 0.2) is 48.5 Å². The van der Waals surface area contributed by atoms with Crippen molar-refractivity contribution < 1.29 is 27.5 Å². The number of carbonyl (C=O) groups excluding carboxylic acids is 2. The highest BCUT2D eigenvalue weighted by Gasteiger charge is 2.29. The zero-order valence-corrected chi connectivity index (χ0v) is 23.5. The smallest absolute Gasteiger partial charge is 0.242 e. The normalized spacial score (nSPS) is 14.5. The van der Waals surface area contributed by atoms with Crippen LogP contribution in [0.1, 0.15) is 51.0 Å². The summed E-state index contributed by atoms with van der Waals surface area (Å²) in [5.74, 6) is 0.894. The third-order valence-electron chi connectivity index (χ3n) is 6.87. The third-order valence-corrected chi connectivity index (χ3v) is 8.06. The molecule has 1 saturated carbocycles. The molecule has 1 aliphatic carbocycles.